The summed E-state index contributed by atoms with van der Waals surface area (Å²) in [5.41, 5.74) is 2.28. The minimum Gasteiger partial charge on any atom is -0.325 e. The minimum absolute atomic E-state index is 0.0190. The van der Waals surface area contributed by atoms with E-state index in [0.29, 0.717) is 12.0 Å². The van der Waals surface area contributed by atoms with E-state index in [4.69, 9.17) is 0 Å². The van der Waals surface area contributed by atoms with Gasteiger partial charge in [0.2, 0.25) is 21.8 Å². The van der Waals surface area contributed by atoms with Crippen LogP contribution in [0.1, 0.15) is 30.9 Å². The van der Waals surface area contributed by atoms with Gasteiger partial charge in [0.1, 0.15) is 5.82 Å². The van der Waals surface area contributed by atoms with Gasteiger partial charge in [-0.2, -0.15) is 4.31 Å². The summed E-state index contributed by atoms with van der Waals surface area (Å²) in [4.78, 5) is 26.8. The fraction of sp³-hybridized carbons (Fsp3) is 0.391. The molecular formula is C23H26FN3O4S. The molecule has 2 aromatic rings. The van der Waals surface area contributed by atoms with Gasteiger partial charge < -0.3 is 10.2 Å². The van der Waals surface area contributed by atoms with Crippen LogP contribution >= 0.6 is 0 Å². The SMILES string of the molecule is Cc1ccc(NC(=O)CN(C)S(=O)(=O)c2ccc3c(c2)C[C@H](C)N3C(=O)C2CC2)cc1F. The maximum absolute atomic E-state index is 13.7. The first-order valence-corrected chi connectivity index (χ1v) is 12.0. The van der Waals surface area contributed by atoms with Crippen LogP contribution < -0.4 is 10.2 Å². The molecule has 1 fully saturated rings. The van der Waals surface area contributed by atoms with Crippen molar-refractivity contribution in [2.24, 2.45) is 5.92 Å². The Bertz CT molecular complexity index is 1190. The highest BCUT2D eigenvalue weighted by Gasteiger charge is 2.40. The van der Waals surface area contributed by atoms with Crippen LogP contribution in [-0.2, 0) is 26.0 Å². The average Bonchev–Trinajstić information content (AvgIpc) is 3.52. The van der Waals surface area contributed by atoms with E-state index in [-0.39, 0.29) is 28.4 Å². The number of aryl methyl sites for hydroxylation is 1. The van der Waals surface area contributed by atoms with Crippen molar-refractivity contribution < 1.29 is 22.4 Å². The van der Waals surface area contributed by atoms with Gasteiger partial charge in [0.05, 0.1) is 11.4 Å². The van der Waals surface area contributed by atoms with Crippen molar-refractivity contribution in [1.82, 2.24) is 4.31 Å². The number of carbonyl (C=O) groups is 2. The maximum atomic E-state index is 13.7. The minimum atomic E-state index is -3.93. The molecule has 1 heterocycles. The van der Waals surface area contributed by atoms with Crippen molar-refractivity contribution in [2.75, 3.05) is 23.8 Å². The lowest BCUT2D eigenvalue weighted by molar-refractivity contribution is -0.120. The molecule has 0 radical (unpaired) electrons. The van der Waals surface area contributed by atoms with Crippen molar-refractivity contribution in [3.05, 3.63) is 53.3 Å². The van der Waals surface area contributed by atoms with E-state index in [1.807, 2.05) is 6.92 Å². The molecule has 2 aliphatic rings. The van der Waals surface area contributed by atoms with Crippen molar-refractivity contribution in [3.8, 4) is 0 Å². The number of fused-ring (bicyclic) bond motifs is 1. The van der Waals surface area contributed by atoms with Crippen LogP contribution in [0.2, 0.25) is 0 Å². The third-order valence-corrected chi connectivity index (χ3v) is 7.76. The van der Waals surface area contributed by atoms with Crippen molar-refractivity contribution in [2.45, 2.75) is 44.0 Å². The number of rotatable bonds is 6. The monoisotopic (exact) mass is 459 g/mol. The Kier molecular flexibility index (Phi) is 5.81. The molecule has 0 saturated heterocycles. The van der Waals surface area contributed by atoms with Gasteiger partial charge in [0.15, 0.2) is 0 Å². The summed E-state index contributed by atoms with van der Waals surface area (Å²) in [5, 5.41) is 2.52. The first-order valence-electron chi connectivity index (χ1n) is 10.6. The Morgan fingerprint density at radius 2 is 1.91 bits per heavy atom. The third-order valence-electron chi connectivity index (χ3n) is 5.96. The number of hydrogen-bond donors (Lipinski definition) is 1. The summed E-state index contributed by atoms with van der Waals surface area (Å²) in [5.74, 6) is -0.840. The molecule has 9 heteroatoms. The van der Waals surface area contributed by atoms with Crippen LogP contribution in [0, 0.1) is 18.7 Å². The summed E-state index contributed by atoms with van der Waals surface area (Å²) < 4.78 is 40.7. The Morgan fingerprint density at radius 1 is 1.19 bits per heavy atom. The van der Waals surface area contributed by atoms with E-state index in [1.54, 1.807) is 30.0 Å². The van der Waals surface area contributed by atoms with Crippen LogP contribution in [0.3, 0.4) is 0 Å². The number of nitrogens with one attached hydrogen (secondary N) is 1. The number of halogens is 1. The van der Waals surface area contributed by atoms with E-state index in [2.05, 4.69) is 5.32 Å². The molecule has 2 amide bonds. The molecule has 4 rings (SSSR count). The number of nitrogens with zero attached hydrogens (tertiary/aromatic N) is 2. The van der Waals surface area contributed by atoms with Gasteiger partial charge in [0.25, 0.3) is 0 Å². The van der Waals surface area contributed by atoms with Gasteiger partial charge >= 0.3 is 0 Å². The van der Waals surface area contributed by atoms with Gasteiger partial charge in [0, 0.05) is 30.4 Å². The van der Waals surface area contributed by atoms with Crippen LogP contribution in [0.15, 0.2) is 41.3 Å². The summed E-state index contributed by atoms with van der Waals surface area (Å²) in [7, 11) is -2.60. The Labute approximate surface area is 187 Å². The standard InChI is InChI=1S/C23H26FN3O4S/c1-14-4-7-18(12-20(14)24)25-22(28)13-26(3)32(30,31)19-8-9-21-17(11-19)10-15(2)27(21)23(29)16-5-6-16/h4,7-9,11-12,15-16H,5-6,10,13H2,1-3H3,(H,25,28)/t15-/m0/s1. The largest absolute Gasteiger partial charge is 0.325 e. The van der Waals surface area contributed by atoms with Crippen LogP contribution in [0.25, 0.3) is 0 Å². The first kappa shape index (κ1) is 22.4. The number of amides is 2. The predicted molar refractivity (Wildman–Crippen MR) is 119 cm³/mol. The topological polar surface area (TPSA) is 86.8 Å². The normalized spacial score (nSPS) is 18.0. The van der Waals surface area contributed by atoms with Gasteiger partial charge in [-0.15, -0.1) is 0 Å². The highest BCUT2D eigenvalue weighted by Crippen LogP contribution is 2.39. The highest BCUT2D eigenvalue weighted by atomic mass is 32.2. The average molecular weight is 460 g/mol. The van der Waals surface area contributed by atoms with Crippen molar-refractivity contribution in [3.63, 3.8) is 0 Å². The van der Waals surface area contributed by atoms with E-state index in [0.717, 1.165) is 28.4 Å². The van der Waals surface area contributed by atoms with Crippen LogP contribution in [0.4, 0.5) is 15.8 Å². The maximum Gasteiger partial charge on any atom is 0.243 e. The van der Waals surface area contributed by atoms with E-state index >= 15 is 0 Å². The lowest BCUT2D eigenvalue weighted by atomic mass is 10.1. The molecule has 1 aliphatic carbocycles. The molecule has 170 valence electrons. The van der Waals surface area contributed by atoms with Crippen molar-refractivity contribution in [1.29, 1.82) is 0 Å². The second kappa shape index (κ2) is 8.29. The molecule has 0 spiro atoms. The third kappa shape index (κ3) is 4.27. The molecule has 0 bridgehead atoms. The number of likely N-dealkylation sites (N-methyl/N-ethyl adjacent to an activating group) is 1. The summed E-state index contributed by atoms with van der Waals surface area (Å²) >= 11 is 0. The zero-order chi connectivity index (χ0) is 23.2. The first-order chi connectivity index (χ1) is 15.1. The molecule has 2 aromatic carbocycles. The molecule has 7 nitrogen and oxygen atoms in total. The second-order valence-corrected chi connectivity index (χ2v) is 10.6. The van der Waals surface area contributed by atoms with Crippen LogP contribution in [0.5, 0.6) is 0 Å². The molecule has 1 atom stereocenters. The van der Waals surface area contributed by atoms with Crippen LogP contribution in [-0.4, -0.2) is 44.2 Å². The fourth-order valence-corrected chi connectivity index (χ4v) is 5.15. The number of anilines is 2. The Morgan fingerprint density at radius 3 is 2.56 bits per heavy atom. The predicted octanol–water partition coefficient (Wildman–Crippen LogP) is 3.08. The molecule has 1 aliphatic heterocycles. The number of sulfonamides is 1. The van der Waals surface area contributed by atoms with Gasteiger partial charge in [-0.05, 0) is 74.6 Å². The van der Waals surface area contributed by atoms with Gasteiger partial charge in [-0.1, -0.05) is 6.07 Å². The summed E-state index contributed by atoms with van der Waals surface area (Å²) in [6.45, 7) is 3.15. The number of carbonyl (C=O) groups excluding carboxylic acids is 2. The Balaban J connectivity index is 1.48. The van der Waals surface area contributed by atoms with Crippen molar-refractivity contribution >= 4 is 33.2 Å². The zero-order valence-electron chi connectivity index (χ0n) is 18.3. The summed E-state index contributed by atoms with van der Waals surface area (Å²) in [6.07, 6.45) is 2.40. The van der Waals surface area contributed by atoms with Gasteiger partial charge in [-0.25, -0.2) is 12.8 Å². The molecule has 1 N–H and O–H groups in total. The Hall–Kier alpha value is -2.78. The molecule has 32 heavy (non-hydrogen) atoms. The van der Waals surface area contributed by atoms with E-state index in [9.17, 15) is 22.4 Å². The highest BCUT2D eigenvalue weighted by molar-refractivity contribution is 7.89. The zero-order valence-corrected chi connectivity index (χ0v) is 19.1. The lowest BCUT2D eigenvalue weighted by Crippen LogP contribution is -2.36. The van der Waals surface area contributed by atoms with E-state index < -0.39 is 28.3 Å². The molecule has 0 aromatic heterocycles. The fourth-order valence-electron chi connectivity index (χ4n) is 3.97. The molecule has 0 unspecified atom stereocenters. The lowest BCUT2D eigenvalue weighted by Gasteiger charge is -2.23. The number of benzene rings is 2. The second-order valence-electron chi connectivity index (χ2n) is 8.60. The van der Waals surface area contributed by atoms with Gasteiger partial charge in [-0.3, -0.25) is 9.59 Å². The quantitative estimate of drug-likeness (QED) is 0.719. The molecular weight excluding hydrogens is 433 g/mol. The van der Waals surface area contributed by atoms with E-state index in [1.165, 1.54) is 25.2 Å². The summed E-state index contributed by atoms with van der Waals surface area (Å²) in [6, 6.07) is 9.01. The number of hydrogen-bond acceptors (Lipinski definition) is 4. The molecule has 1 saturated carbocycles. The smallest absolute Gasteiger partial charge is 0.243 e.